The maximum Gasteiger partial charge on any atom is 0.430 e. The summed E-state index contributed by atoms with van der Waals surface area (Å²) in [5.41, 5.74) is -0.377. The van der Waals surface area contributed by atoms with Gasteiger partial charge in [-0.3, -0.25) is 19.5 Å². The number of alkyl halides is 5. The molecule has 0 saturated heterocycles. The van der Waals surface area contributed by atoms with Gasteiger partial charge >= 0.3 is 23.5 Å². The molecule has 240 valence electrons. The number of halogens is 6. The van der Waals surface area contributed by atoms with Crippen LogP contribution in [0, 0.1) is 5.21 Å². The van der Waals surface area contributed by atoms with Crippen LogP contribution < -0.4 is 35.7 Å². The van der Waals surface area contributed by atoms with Crippen molar-refractivity contribution in [2.75, 3.05) is 18.1 Å². The fraction of sp³-hybridized carbons (Fsp3) is 0.292. The average molecular weight is 671 g/mol. The lowest BCUT2D eigenvalue weighted by Gasteiger charge is -2.14. The maximum atomic E-state index is 14.5. The number of nitrogens with one attached hydrogen (secondary N) is 4. The second kappa shape index (κ2) is 14.9. The number of aromatic amines is 1. The second-order valence-corrected chi connectivity index (χ2v) is 11.0. The van der Waals surface area contributed by atoms with Crippen LogP contribution in [0.25, 0.3) is 0 Å². The van der Waals surface area contributed by atoms with Crippen molar-refractivity contribution in [1.29, 1.82) is 0 Å². The number of aromatic nitrogens is 3. The molecule has 44 heavy (non-hydrogen) atoms. The highest BCUT2D eigenvalue weighted by atomic mass is 35.5. The number of amides is 1. The summed E-state index contributed by atoms with van der Waals surface area (Å²) in [5, 5.41) is 25.2. The van der Waals surface area contributed by atoms with E-state index in [9.17, 15) is 45.2 Å². The molecule has 0 spiro atoms. The SMILES string of the molecule is CS(=O)(=O)NCc1ccccc1CNC(=O)Cn1c(Cl)c[nH+]c(NCC(F)(F)c2cccc[n+]2[O-])c1=O.O=C([O-])C(F)(F)F. The highest BCUT2D eigenvalue weighted by molar-refractivity contribution is 7.88. The Bertz CT molecular complexity index is 1650. The van der Waals surface area contributed by atoms with Gasteiger partial charge in [0.05, 0.1) is 6.26 Å². The summed E-state index contributed by atoms with van der Waals surface area (Å²) in [6, 6.07) is 10.4. The van der Waals surface area contributed by atoms with Crippen molar-refractivity contribution in [3.63, 3.8) is 0 Å². The zero-order valence-electron chi connectivity index (χ0n) is 22.5. The Hall–Kier alpha value is -4.36. The Morgan fingerprint density at radius 3 is 2.16 bits per heavy atom. The van der Waals surface area contributed by atoms with E-state index in [0.717, 1.165) is 29.3 Å². The molecule has 0 atom stereocenters. The van der Waals surface area contributed by atoms with Gasteiger partial charge in [0.2, 0.25) is 15.9 Å². The quantitative estimate of drug-likeness (QED) is 0.142. The molecular formula is C24H24ClF5N6O7S. The zero-order chi connectivity index (χ0) is 33.3. The topological polar surface area (TPSA) is 191 Å². The third kappa shape index (κ3) is 11.0. The van der Waals surface area contributed by atoms with E-state index in [2.05, 4.69) is 20.3 Å². The van der Waals surface area contributed by atoms with E-state index >= 15 is 0 Å². The molecule has 0 unspecified atom stereocenters. The van der Waals surface area contributed by atoms with Crippen molar-refractivity contribution in [1.82, 2.24) is 14.6 Å². The number of pyridine rings is 1. The van der Waals surface area contributed by atoms with Crippen LogP contribution in [0.4, 0.5) is 27.8 Å². The number of rotatable bonds is 11. The molecule has 2 aromatic heterocycles. The molecular weight excluding hydrogens is 647 g/mol. The Morgan fingerprint density at radius 2 is 1.61 bits per heavy atom. The van der Waals surface area contributed by atoms with E-state index in [4.69, 9.17) is 21.5 Å². The molecule has 0 saturated carbocycles. The Kier molecular flexibility index (Phi) is 12.1. The summed E-state index contributed by atoms with van der Waals surface area (Å²) in [7, 11) is -3.42. The van der Waals surface area contributed by atoms with Gasteiger partial charge in [-0.25, -0.2) is 18.1 Å². The number of aliphatic carboxylic acids is 1. The minimum Gasteiger partial charge on any atom is -0.618 e. The number of nitrogens with zero attached hydrogens (tertiary/aromatic N) is 2. The number of anilines is 1. The first-order valence-electron chi connectivity index (χ1n) is 12.0. The maximum absolute atomic E-state index is 14.5. The monoisotopic (exact) mass is 670 g/mol. The van der Waals surface area contributed by atoms with E-state index in [1.165, 1.54) is 12.1 Å². The zero-order valence-corrected chi connectivity index (χ0v) is 24.0. The van der Waals surface area contributed by atoms with Crippen LogP contribution in [0.15, 0.2) is 59.7 Å². The second-order valence-electron chi connectivity index (χ2n) is 8.77. The normalized spacial score (nSPS) is 11.7. The third-order valence-corrected chi connectivity index (χ3v) is 6.37. The largest absolute Gasteiger partial charge is 0.618 e. The summed E-state index contributed by atoms with van der Waals surface area (Å²) >= 11 is 6.04. The van der Waals surface area contributed by atoms with Crippen molar-refractivity contribution >= 4 is 39.3 Å². The van der Waals surface area contributed by atoms with Gasteiger partial charge < -0.3 is 20.4 Å². The molecule has 0 fully saturated rings. The molecule has 4 N–H and O–H groups in total. The molecule has 0 aliphatic carbocycles. The van der Waals surface area contributed by atoms with E-state index in [1.54, 1.807) is 24.3 Å². The molecule has 1 amide bonds. The van der Waals surface area contributed by atoms with Crippen molar-refractivity contribution < 1.29 is 54.8 Å². The van der Waals surface area contributed by atoms with Gasteiger partial charge in [0.1, 0.15) is 18.7 Å². The predicted molar refractivity (Wildman–Crippen MR) is 141 cm³/mol. The third-order valence-electron chi connectivity index (χ3n) is 5.39. The molecule has 2 heterocycles. The molecule has 0 radical (unpaired) electrons. The predicted octanol–water partition coefficient (Wildman–Crippen LogP) is -0.183. The van der Waals surface area contributed by atoms with Gasteiger partial charge in [-0.05, 0) is 17.2 Å². The first kappa shape index (κ1) is 35.8. The molecule has 1 aromatic carbocycles. The molecule has 3 aromatic rings. The smallest absolute Gasteiger partial charge is 0.430 e. The van der Waals surface area contributed by atoms with Crippen LogP contribution in [-0.2, 0) is 45.2 Å². The summed E-state index contributed by atoms with van der Waals surface area (Å²) < 4.78 is 86.6. The minimum absolute atomic E-state index is 0.0275. The van der Waals surface area contributed by atoms with Crippen molar-refractivity contribution in [2.24, 2.45) is 0 Å². The first-order chi connectivity index (χ1) is 20.3. The fourth-order valence-electron chi connectivity index (χ4n) is 3.28. The highest BCUT2D eigenvalue weighted by Crippen LogP contribution is 2.24. The number of benzene rings is 1. The number of carboxylic acid groups (broad SMARTS) is 1. The first-order valence-corrected chi connectivity index (χ1v) is 14.3. The van der Waals surface area contributed by atoms with Gasteiger partial charge in [0.15, 0.2) is 17.9 Å². The summed E-state index contributed by atoms with van der Waals surface area (Å²) in [6.07, 6.45) is -2.08. The Labute approximate surface area is 250 Å². The number of hydrogen-bond acceptors (Lipinski definition) is 8. The Morgan fingerprint density at radius 1 is 1.05 bits per heavy atom. The van der Waals surface area contributed by atoms with Gasteiger partial charge in [0, 0.05) is 25.2 Å². The van der Waals surface area contributed by atoms with Crippen LogP contribution in [0.1, 0.15) is 16.8 Å². The van der Waals surface area contributed by atoms with Crippen LogP contribution >= 0.6 is 11.6 Å². The van der Waals surface area contributed by atoms with Crippen LogP contribution in [-0.4, -0.2) is 43.8 Å². The van der Waals surface area contributed by atoms with Crippen molar-refractivity contribution in [3.05, 3.63) is 92.4 Å². The summed E-state index contributed by atoms with van der Waals surface area (Å²) in [5.74, 6) is -7.58. The molecule has 0 bridgehead atoms. The van der Waals surface area contributed by atoms with E-state index in [0.29, 0.717) is 11.1 Å². The summed E-state index contributed by atoms with van der Waals surface area (Å²) in [4.78, 5) is 36.6. The number of carboxylic acids is 1. The molecule has 0 aliphatic heterocycles. The Balaban J connectivity index is 0.000000860. The van der Waals surface area contributed by atoms with Crippen molar-refractivity contribution in [2.45, 2.75) is 31.7 Å². The van der Waals surface area contributed by atoms with E-state index < -0.39 is 58.3 Å². The number of hydrogen-bond donors (Lipinski definition) is 3. The highest BCUT2D eigenvalue weighted by Gasteiger charge is 2.42. The van der Waals surface area contributed by atoms with Crippen LogP contribution in [0.5, 0.6) is 0 Å². The minimum atomic E-state index is -5.19. The molecule has 13 nitrogen and oxygen atoms in total. The lowest BCUT2D eigenvalue weighted by Crippen LogP contribution is -2.42. The number of carbonyl (C=O) groups is 2. The lowest BCUT2D eigenvalue weighted by atomic mass is 10.1. The number of carbonyl (C=O) groups excluding carboxylic acids is 2. The van der Waals surface area contributed by atoms with Gasteiger partial charge in [-0.1, -0.05) is 35.9 Å². The van der Waals surface area contributed by atoms with E-state index in [-0.39, 0.29) is 28.8 Å². The van der Waals surface area contributed by atoms with Crippen LogP contribution in [0.3, 0.4) is 0 Å². The molecule has 20 heteroatoms. The molecule has 3 rings (SSSR count). The summed E-state index contributed by atoms with van der Waals surface area (Å²) in [6.45, 7) is -1.52. The number of sulfonamides is 1. The fourth-order valence-corrected chi connectivity index (χ4v) is 3.89. The molecule has 0 aliphatic rings. The van der Waals surface area contributed by atoms with Crippen molar-refractivity contribution in [3.8, 4) is 0 Å². The number of H-pyrrole nitrogens is 1. The van der Waals surface area contributed by atoms with Gasteiger partial charge in [-0.15, -0.1) is 0 Å². The standard InChI is InChI=1S/C22H23ClF2N6O5S.C2HF3O2/c1-37(35,36)29-11-16-7-3-2-6-15(16)10-26-19(32)13-30-18(23)12-27-20(21(30)33)28-14-22(24,25)17-8-4-5-9-31(17)34;3-2(4,5)1(6)7/h2-9,12,29H,10-11,13-14H2,1H3,(H,26,32)(H,27,28);(H,6,7). The van der Waals surface area contributed by atoms with Gasteiger partial charge in [-0.2, -0.15) is 26.7 Å². The average Bonchev–Trinajstić information content (AvgIpc) is 2.92. The van der Waals surface area contributed by atoms with E-state index in [1.807, 2.05) is 0 Å². The van der Waals surface area contributed by atoms with Gasteiger partial charge in [0.25, 0.3) is 5.69 Å². The lowest BCUT2D eigenvalue weighted by molar-refractivity contribution is -0.624. The van der Waals surface area contributed by atoms with Crippen LogP contribution in [0.2, 0.25) is 5.15 Å².